The van der Waals surface area contributed by atoms with Gasteiger partial charge in [-0.3, -0.25) is 9.97 Å². The SMILES string of the molecule is O=c1[nH]c2cccnc2o1.O=c1[nH]c2cccnc2o1. The minimum Gasteiger partial charge on any atom is -0.389 e. The third kappa shape index (κ3) is 2.34. The number of aromatic amines is 2. The molecule has 0 aliphatic rings. The van der Waals surface area contributed by atoms with Crippen LogP contribution >= 0.6 is 0 Å². The molecule has 4 heterocycles. The molecule has 20 heavy (non-hydrogen) atoms. The molecule has 0 spiro atoms. The van der Waals surface area contributed by atoms with Crippen LogP contribution in [-0.4, -0.2) is 19.9 Å². The highest BCUT2D eigenvalue weighted by atomic mass is 16.4. The summed E-state index contributed by atoms with van der Waals surface area (Å²) in [5.74, 6) is -0.928. The second-order valence-corrected chi connectivity index (χ2v) is 3.74. The van der Waals surface area contributed by atoms with E-state index in [0.717, 1.165) is 0 Å². The highest BCUT2D eigenvalue weighted by Gasteiger charge is 1.97. The second kappa shape index (κ2) is 4.84. The summed E-state index contributed by atoms with van der Waals surface area (Å²) >= 11 is 0. The molecular formula is C12H8N4O4. The minimum absolute atomic E-state index is 0.354. The Bertz CT molecular complexity index is 810. The molecule has 0 fully saturated rings. The van der Waals surface area contributed by atoms with Gasteiger partial charge >= 0.3 is 11.5 Å². The van der Waals surface area contributed by atoms with Crippen LogP contribution in [0.4, 0.5) is 0 Å². The predicted octanol–water partition coefficient (Wildman–Crippen LogP) is 1.03. The summed E-state index contributed by atoms with van der Waals surface area (Å²) < 4.78 is 9.29. The molecule has 0 radical (unpaired) electrons. The van der Waals surface area contributed by atoms with Crippen molar-refractivity contribution < 1.29 is 8.83 Å². The largest absolute Gasteiger partial charge is 0.418 e. The van der Waals surface area contributed by atoms with Crippen LogP contribution in [0.25, 0.3) is 22.5 Å². The Hall–Kier alpha value is -3.16. The van der Waals surface area contributed by atoms with Gasteiger partial charge in [0.15, 0.2) is 0 Å². The van der Waals surface area contributed by atoms with E-state index < -0.39 is 11.5 Å². The van der Waals surface area contributed by atoms with E-state index in [2.05, 4.69) is 28.8 Å². The number of H-pyrrole nitrogens is 2. The summed E-state index contributed by atoms with van der Waals surface area (Å²) in [4.78, 5) is 33.6. The molecule has 0 saturated carbocycles. The first-order chi connectivity index (χ1) is 9.72. The van der Waals surface area contributed by atoms with E-state index >= 15 is 0 Å². The number of nitrogens with zero attached hydrogens (tertiary/aromatic N) is 2. The lowest BCUT2D eigenvalue weighted by atomic mass is 10.5. The summed E-state index contributed by atoms with van der Waals surface area (Å²) in [5, 5.41) is 0. The van der Waals surface area contributed by atoms with Gasteiger partial charge in [0.2, 0.25) is 11.4 Å². The third-order valence-electron chi connectivity index (χ3n) is 2.39. The first-order valence-electron chi connectivity index (χ1n) is 5.60. The Balaban J connectivity index is 0.000000121. The topological polar surface area (TPSA) is 118 Å². The summed E-state index contributed by atoms with van der Waals surface area (Å²) in [5.41, 5.74) is 1.97. The van der Waals surface area contributed by atoms with Crippen LogP contribution in [0.5, 0.6) is 0 Å². The molecule has 0 bridgehead atoms. The predicted molar refractivity (Wildman–Crippen MR) is 69.3 cm³/mol. The van der Waals surface area contributed by atoms with Crippen molar-refractivity contribution in [3.05, 3.63) is 57.8 Å². The Kier molecular flexibility index (Phi) is 2.88. The maximum Gasteiger partial charge on any atom is 0.418 e. The van der Waals surface area contributed by atoms with Crippen molar-refractivity contribution in [1.29, 1.82) is 0 Å². The summed E-state index contributed by atoms with van der Waals surface area (Å²) in [6.07, 6.45) is 3.14. The fourth-order valence-corrected chi connectivity index (χ4v) is 1.58. The average molecular weight is 272 g/mol. The van der Waals surface area contributed by atoms with E-state index in [1.54, 1.807) is 36.7 Å². The van der Waals surface area contributed by atoms with Gasteiger partial charge in [0.1, 0.15) is 11.0 Å². The third-order valence-corrected chi connectivity index (χ3v) is 2.39. The molecule has 0 aromatic carbocycles. The number of fused-ring (bicyclic) bond motifs is 2. The standard InChI is InChI=1S/2C6H4N2O2/c2*9-6-8-4-2-1-3-7-5(4)10-6/h2*1-3H,(H,8,9). The molecule has 0 aliphatic heterocycles. The summed E-state index contributed by atoms with van der Waals surface area (Å²) in [6.45, 7) is 0. The summed E-state index contributed by atoms with van der Waals surface area (Å²) in [6, 6.07) is 6.92. The molecule has 8 nitrogen and oxygen atoms in total. The number of oxazole rings is 2. The number of pyridine rings is 2. The van der Waals surface area contributed by atoms with Crippen molar-refractivity contribution in [2.24, 2.45) is 0 Å². The lowest BCUT2D eigenvalue weighted by Crippen LogP contribution is -1.92. The summed E-state index contributed by atoms with van der Waals surface area (Å²) in [7, 11) is 0. The number of hydrogen-bond donors (Lipinski definition) is 2. The van der Waals surface area contributed by atoms with Gasteiger partial charge in [0.25, 0.3) is 0 Å². The van der Waals surface area contributed by atoms with Crippen LogP contribution in [-0.2, 0) is 0 Å². The van der Waals surface area contributed by atoms with E-state index in [-0.39, 0.29) is 0 Å². The van der Waals surface area contributed by atoms with E-state index in [0.29, 0.717) is 22.5 Å². The van der Waals surface area contributed by atoms with Gasteiger partial charge in [-0.05, 0) is 24.3 Å². The normalized spacial score (nSPS) is 10.4. The van der Waals surface area contributed by atoms with E-state index in [1.807, 2.05) is 0 Å². The van der Waals surface area contributed by atoms with Gasteiger partial charge in [-0.1, -0.05) is 0 Å². The van der Waals surface area contributed by atoms with Gasteiger partial charge in [0.05, 0.1) is 0 Å². The highest BCUT2D eigenvalue weighted by Crippen LogP contribution is 2.03. The lowest BCUT2D eigenvalue weighted by molar-refractivity contribution is 0.545. The van der Waals surface area contributed by atoms with Gasteiger partial charge in [-0.25, -0.2) is 19.6 Å². The molecule has 100 valence electrons. The number of hydrogen-bond acceptors (Lipinski definition) is 6. The highest BCUT2D eigenvalue weighted by molar-refractivity contribution is 5.66. The Morgan fingerprint density at radius 1 is 0.800 bits per heavy atom. The Labute approximate surface area is 110 Å². The maximum atomic E-state index is 10.5. The van der Waals surface area contributed by atoms with Gasteiger partial charge in [0, 0.05) is 12.4 Å². The van der Waals surface area contributed by atoms with Crippen molar-refractivity contribution in [1.82, 2.24) is 19.9 Å². The van der Waals surface area contributed by atoms with Crippen LogP contribution in [0.3, 0.4) is 0 Å². The van der Waals surface area contributed by atoms with Crippen LogP contribution in [0.15, 0.2) is 55.1 Å². The molecular weight excluding hydrogens is 264 g/mol. The van der Waals surface area contributed by atoms with E-state index in [1.165, 1.54) is 0 Å². The maximum absolute atomic E-state index is 10.5. The smallest absolute Gasteiger partial charge is 0.389 e. The van der Waals surface area contributed by atoms with Crippen molar-refractivity contribution in [3.8, 4) is 0 Å². The zero-order valence-corrected chi connectivity index (χ0v) is 9.99. The molecule has 0 amide bonds. The zero-order chi connectivity index (χ0) is 13.9. The molecule has 0 unspecified atom stereocenters. The van der Waals surface area contributed by atoms with Crippen molar-refractivity contribution >= 4 is 22.5 Å². The quantitative estimate of drug-likeness (QED) is 0.493. The fraction of sp³-hybridized carbons (Fsp3) is 0. The van der Waals surface area contributed by atoms with Gasteiger partial charge in [-0.2, -0.15) is 0 Å². The van der Waals surface area contributed by atoms with Crippen LogP contribution < -0.4 is 11.5 Å². The number of aromatic nitrogens is 4. The van der Waals surface area contributed by atoms with Crippen molar-refractivity contribution in [2.75, 3.05) is 0 Å². The molecule has 0 saturated heterocycles. The van der Waals surface area contributed by atoms with Gasteiger partial charge in [-0.15, -0.1) is 0 Å². The average Bonchev–Trinajstić information content (AvgIpc) is 2.99. The van der Waals surface area contributed by atoms with Crippen molar-refractivity contribution in [2.45, 2.75) is 0 Å². The Morgan fingerprint density at radius 3 is 1.65 bits per heavy atom. The minimum atomic E-state index is -0.464. The number of nitrogens with one attached hydrogen (secondary N) is 2. The molecule has 8 heteroatoms. The lowest BCUT2D eigenvalue weighted by Gasteiger charge is -1.79. The number of rotatable bonds is 0. The van der Waals surface area contributed by atoms with Gasteiger partial charge < -0.3 is 8.83 Å². The zero-order valence-electron chi connectivity index (χ0n) is 9.99. The van der Waals surface area contributed by atoms with Crippen molar-refractivity contribution in [3.63, 3.8) is 0 Å². The second-order valence-electron chi connectivity index (χ2n) is 3.74. The molecule has 4 aromatic heterocycles. The molecule has 0 aliphatic carbocycles. The monoisotopic (exact) mass is 272 g/mol. The molecule has 2 N–H and O–H groups in total. The Morgan fingerprint density at radius 2 is 1.25 bits per heavy atom. The first kappa shape index (κ1) is 11.9. The molecule has 4 rings (SSSR count). The van der Waals surface area contributed by atoms with Crippen LogP contribution in [0.1, 0.15) is 0 Å². The fourth-order valence-electron chi connectivity index (χ4n) is 1.58. The van der Waals surface area contributed by atoms with E-state index in [9.17, 15) is 9.59 Å². The molecule has 0 atom stereocenters. The van der Waals surface area contributed by atoms with E-state index in [4.69, 9.17) is 0 Å². The first-order valence-corrected chi connectivity index (χ1v) is 5.60. The van der Waals surface area contributed by atoms with Crippen LogP contribution in [0, 0.1) is 0 Å². The van der Waals surface area contributed by atoms with Crippen LogP contribution in [0.2, 0.25) is 0 Å². The molecule has 4 aromatic rings.